The summed E-state index contributed by atoms with van der Waals surface area (Å²) in [5, 5.41) is 0.718. The molecule has 0 saturated heterocycles. The number of rotatable bonds is 2. The Bertz CT molecular complexity index is 544. The molecule has 0 N–H and O–H groups in total. The van der Waals surface area contributed by atoms with E-state index >= 15 is 0 Å². The van der Waals surface area contributed by atoms with Crippen LogP contribution in [0.5, 0.6) is 0 Å². The van der Waals surface area contributed by atoms with Crippen molar-refractivity contribution in [3.63, 3.8) is 0 Å². The van der Waals surface area contributed by atoms with Crippen LogP contribution in [0.2, 0.25) is 5.02 Å². The van der Waals surface area contributed by atoms with Gasteiger partial charge in [-0.15, -0.1) is 0 Å². The largest absolute Gasteiger partial charge is 0.248 e. The molecule has 0 amide bonds. The lowest BCUT2D eigenvalue weighted by Crippen LogP contribution is -1.90. The molecule has 0 saturated carbocycles. The first-order valence-corrected chi connectivity index (χ1v) is 5.95. The van der Waals surface area contributed by atoms with Crippen LogP contribution in [0.15, 0.2) is 48.5 Å². The van der Waals surface area contributed by atoms with E-state index in [4.69, 9.17) is 11.6 Å². The zero-order valence-corrected chi connectivity index (χ0v) is 10.7. The van der Waals surface area contributed by atoms with Crippen molar-refractivity contribution in [1.82, 2.24) is 4.98 Å². The highest BCUT2D eigenvalue weighted by Crippen LogP contribution is 2.24. The summed E-state index contributed by atoms with van der Waals surface area (Å²) in [6.07, 6.45) is 2.04. The number of hydrogen-bond acceptors (Lipinski definition) is 1. The molecule has 0 spiro atoms. The maximum Gasteiger partial charge on any atom is 0.0724 e. The fourth-order valence-electron chi connectivity index (χ4n) is 1.60. The topological polar surface area (TPSA) is 12.9 Å². The van der Waals surface area contributed by atoms with Crippen LogP contribution in [0.25, 0.3) is 16.8 Å². The molecule has 0 unspecified atom stereocenters. The van der Waals surface area contributed by atoms with Crippen LogP contribution in [0.4, 0.5) is 0 Å². The fraction of sp³-hybridized carbons (Fsp3) is 0.133. The normalized spacial score (nSPS) is 11.6. The Kier molecular flexibility index (Phi) is 3.60. The second kappa shape index (κ2) is 5.15. The van der Waals surface area contributed by atoms with E-state index in [9.17, 15) is 0 Å². The van der Waals surface area contributed by atoms with Gasteiger partial charge in [0.15, 0.2) is 0 Å². The van der Waals surface area contributed by atoms with Gasteiger partial charge < -0.3 is 0 Å². The van der Waals surface area contributed by atoms with Gasteiger partial charge in [0, 0.05) is 10.6 Å². The molecule has 86 valence electrons. The van der Waals surface area contributed by atoms with Crippen molar-refractivity contribution < 1.29 is 0 Å². The van der Waals surface area contributed by atoms with Crippen molar-refractivity contribution in [2.75, 3.05) is 0 Å². The fourth-order valence-corrected chi connectivity index (χ4v) is 1.81. The highest BCUT2D eigenvalue weighted by Gasteiger charge is 2.04. The zero-order chi connectivity index (χ0) is 12.3. The summed E-state index contributed by atoms with van der Waals surface area (Å²) in [6.45, 7) is 4.04. The summed E-state index contributed by atoms with van der Waals surface area (Å²) in [6, 6.07) is 13.8. The molecule has 17 heavy (non-hydrogen) atoms. The van der Waals surface area contributed by atoms with Gasteiger partial charge in [-0.2, -0.15) is 0 Å². The van der Waals surface area contributed by atoms with Crippen molar-refractivity contribution in [2.45, 2.75) is 13.8 Å². The number of halogens is 1. The summed E-state index contributed by atoms with van der Waals surface area (Å²) < 4.78 is 0. The van der Waals surface area contributed by atoms with Crippen LogP contribution >= 0.6 is 11.6 Å². The van der Waals surface area contributed by atoms with Gasteiger partial charge in [0.1, 0.15) is 0 Å². The Labute approximate surface area is 107 Å². The highest BCUT2D eigenvalue weighted by atomic mass is 35.5. The van der Waals surface area contributed by atoms with E-state index in [-0.39, 0.29) is 0 Å². The molecular formula is C15H14ClN. The van der Waals surface area contributed by atoms with Crippen molar-refractivity contribution in [1.29, 1.82) is 0 Å². The molecule has 0 atom stereocenters. The highest BCUT2D eigenvalue weighted by molar-refractivity contribution is 6.31. The number of nitrogens with zero attached hydrogens (tertiary/aromatic N) is 1. The summed E-state index contributed by atoms with van der Waals surface area (Å²) in [5.41, 5.74) is 4.05. The van der Waals surface area contributed by atoms with Crippen molar-refractivity contribution in [3.8, 4) is 11.3 Å². The van der Waals surface area contributed by atoms with Gasteiger partial charge in [-0.1, -0.05) is 48.0 Å². The van der Waals surface area contributed by atoms with Crippen LogP contribution in [-0.2, 0) is 0 Å². The van der Waals surface area contributed by atoms with E-state index in [1.54, 1.807) is 0 Å². The van der Waals surface area contributed by atoms with E-state index < -0.39 is 0 Å². The summed E-state index contributed by atoms with van der Waals surface area (Å²) >= 11 is 6.13. The van der Waals surface area contributed by atoms with Gasteiger partial charge in [0.05, 0.1) is 11.4 Å². The van der Waals surface area contributed by atoms with Gasteiger partial charge in [-0.25, -0.2) is 4.98 Å². The Morgan fingerprint density at radius 2 is 1.88 bits per heavy atom. The molecule has 0 bridgehead atoms. The summed E-state index contributed by atoms with van der Waals surface area (Å²) in [5.74, 6) is 0. The van der Waals surface area contributed by atoms with E-state index in [0.717, 1.165) is 27.5 Å². The van der Waals surface area contributed by atoms with Crippen LogP contribution in [0.3, 0.4) is 0 Å². The number of aromatic nitrogens is 1. The monoisotopic (exact) mass is 243 g/mol. The first-order valence-electron chi connectivity index (χ1n) is 5.57. The number of allylic oxidation sites excluding steroid dienone is 2. The van der Waals surface area contributed by atoms with Crippen LogP contribution in [-0.4, -0.2) is 4.98 Å². The Morgan fingerprint density at radius 1 is 1.18 bits per heavy atom. The third-order valence-electron chi connectivity index (χ3n) is 2.70. The minimum absolute atomic E-state index is 0.718. The number of pyridine rings is 1. The molecule has 2 aromatic rings. The first kappa shape index (κ1) is 11.9. The van der Waals surface area contributed by atoms with Gasteiger partial charge in [-0.05, 0) is 31.6 Å². The third kappa shape index (κ3) is 2.75. The minimum atomic E-state index is 0.718. The second-order valence-corrected chi connectivity index (χ2v) is 4.33. The molecular weight excluding hydrogens is 230 g/mol. The maximum absolute atomic E-state index is 6.13. The molecule has 1 heterocycles. The van der Waals surface area contributed by atoms with Gasteiger partial charge >= 0.3 is 0 Å². The predicted octanol–water partition coefficient (Wildman–Crippen LogP) is 4.83. The second-order valence-electron chi connectivity index (χ2n) is 3.89. The zero-order valence-electron chi connectivity index (χ0n) is 9.94. The molecule has 2 heteroatoms. The summed E-state index contributed by atoms with van der Waals surface area (Å²) in [4.78, 5) is 4.62. The molecule has 0 fully saturated rings. The van der Waals surface area contributed by atoms with E-state index in [2.05, 4.69) is 4.98 Å². The molecule has 0 radical (unpaired) electrons. The van der Waals surface area contributed by atoms with Crippen molar-refractivity contribution >= 4 is 17.2 Å². The molecule has 2 rings (SSSR count). The predicted molar refractivity (Wildman–Crippen MR) is 74.0 cm³/mol. The van der Waals surface area contributed by atoms with Gasteiger partial charge in [-0.3, -0.25) is 0 Å². The van der Waals surface area contributed by atoms with Crippen LogP contribution in [0.1, 0.15) is 19.5 Å². The minimum Gasteiger partial charge on any atom is -0.248 e. The lowest BCUT2D eigenvalue weighted by molar-refractivity contribution is 1.26. The number of benzene rings is 1. The van der Waals surface area contributed by atoms with Crippen LogP contribution in [0, 0.1) is 0 Å². The smallest absolute Gasteiger partial charge is 0.0724 e. The van der Waals surface area contributed by atoms with E-state index in [1.165, 1.54) is 0 Å². The van der Waals surface area contributed by atoms with Crippen LogP contribution < -0.4 is 0 Å². The molecule has 0 aliphatic heterocycles. The Morgan fingerprint density at radius 3 is 2.53 bits per heavy atom. The van der Waals surface area contributed by atoms with Gasteiger partial charge in [0.25, 0.3) is 0 Å². The Balaban J connectivity index is 2.53. The standard InChI is InChI=1S/C15H14ClN/c1-3-11(2)14-9-13(16)10-15(17-14)12-7-5-4-6-8-12/h3-10H,1-2H3/b11-3+. The Hall–Kier alpha value is -1.60. The van der Waals surface area contributed by atoms with E-state index in [1.807, 2.05) is 62.4 Å². The average Bonchev–Trinajstić information content (AvgIpc) is 2.38. The third-order valence-corrected chi connectivity index (χ3v) is 2.91. The van der Waals surface area contributed by atoms with Crippen molar-refractivity contribution in [3.05, 3.63) is 59.3 Å². The molecule has 0 aliphatic rings. The molecule has 1 aromatic heterocycles. The molecule has 1 nitrogen and oxygen atoms in total. The van der Waals surface area contributed by atoms with Gasteiger partial charge in [0.2, 0.25) is 0 Å². The lowest BCUT2D eigenvalue weighted by atomic mass is 10.1. The lowest BCUT2D eigenvalue weighted by Gasteiger charge is -2.06. The summed E-state index contributed by atoms with van der Waals surface area (Å²) in [7, 11) is 0. The first-order chi connectivity index (χ1) is 8.20. The van der Waals surface area contributed by atoms with Crippen molar-refractivity contribution in [2.24, 2.45) is 0 Å². The SMILES string of the molecule is C/C=C(\C)c1cc(Cl)cc(-c2ccccc2)n1. The average molecular weight is 244 g/mol. The molecule has 0 aliphatic carbocycles. The number of hydrogen-bond donors (Lipinski definition) is 0. The quantitative estimate of drug-likeness (QED) is 0.737. The molecule has 1 aromatic carbocycles. The maximum atomic E-state index is 6.13. The van der Waals surface area contributed by atoms with E-state index in [0.29, 0.717) is 0 Å².